The Morgan fingerprint density at radius 3 is 2.56 bits per heavy atom. The summed E-state index contributed by atoms with van der Waals surface area (Å²) in [6.45, 7) is 5.33. The Morgan fingerprint density at radius 2 is 1.93 bits per heavy atom. The zero-order chi connectivity index (χ0) is 19.6. The van der Waals surface area contributed by atoms with Crippen LogP contribution in [0.2, 0.25) is 5.02 Å². The van der Waals surface area contributed by atoms with Crippen LogP contribution in [0.4, 0.5) is 0 Å². The van der Waals surface area contributed by atoms with Crippen molar-refractivity contribution in [1.82, 2.24) is 19.4 Å². The van der Waals surface area contributed by atoms with E-state index in [-0.39, 0.29) is 23.9 Å². The summed E-state index contributed by atoms with van der Waals surface area (Å²) in [5.74, 6) is 0.287. The van der Waals surface area contributed by atoms with E-state index in [1.807, 2.05) is 0 Å². The number of nitrogens with one attached hydrogen (secondary N) is 1. The number of amides is 1. The van der Waals surface area contributed by atoms with Crippen LogP contribution >= 0.6 is 11.6 Å². The number of aromatic amines is 1. The molecule has 27 heavy (non-hydrogen) atoms. The normalized spacial score (nSPS) is 16.1. The van der Waals surface area contributed by atoms with Crippen LogP contribution in [-0.2, 0) is 16.4 Å². The van der Waals surface area contributed by atoms with Gasteiger partial charge in [0.25, 0.3) is 5.91 Å². The Labute approximate surface area is 164 Å². The molecule has 1 aliphatic rings. The van der Waals surface area contributed by atoms with Crippen molar-refractivity contribution in [3.63, 3.8) is 0 Å². The van der Waals surface area contributed by atoms with Gasteiger partial charge < -0.3 is 4.90 Å². The van der Waals surface area contributed by atoms with Crippen molar-refractivity contribution in [1.29, 1.82) is 0 Å². The van der Waals surface area contributed by atoms with Crippen molar-refractivity contribution >= 4 is 27.5 Å². The molecule has 2 aromatic rings. The minimum absolute atomic E-state index is 0.167. The summed E-state index contributed by atoms with van der Waals surface area (Å²) in [7, 11) is -3.62. The first-order valence-electron chi connectivity index (χ1n) is 8.86. The summed E-state index contributed by atoms with van der Waals surface area (Å²) in [5, 5.41) is 7.38. The predicted octanol–water partition coefficient (Wildman–Crippen LogP) is 2.41. The zero-order valence-corrected chi connectivity index (χ0v) is 16.9. The summed E-state index contributed by atoms with van der Waals surface area (Å²) in [4.78, 5) is 14.4. The summed E-state index contributed by atoms with van der Waals surface area (Å²) in [5.41, 5.74) is 1.30. The minimum Gasteiger partial charge on any atom is -0.335 e. The third-order valence-electron chi connectivity index (χ3n) is 4.44. The molecule has 3 rings (SSSR count). The Kier molecular flexibility index (Phi) is 5.88. The van der Waals surface area contributed by atoms with E-state index in [1.54, 1.807) is 23.1 Å². The largest absolute Gasteiger partial charge is 0.335 e. The van der Waals surface area contributed by atoms with Crippen LogP contribution in [-0.4, -0.2) is 59.9 Å². The van der Waals surface area contributed by atoms with Gasteiger partial charge in [0.2, 0.25) is 10.0 Å². The quantitative estimate of drug-likeness (QED) is 0.820. The number of hydrogen-bond donors (Lipinski definition) is 1. The highest BCUT2D eigenvalue weighted by Crippen LogP contribution is 2.21. The SMILES string of the molecule is CC(C)Cc1cc(C(=O)N2CCN(S(=O)(=O)c3cccc(Cl)c3)CC2)n[nH]1. The lowest BCUT2D eigenvalue weighted by molar-refractivity contribution is 0.0692. The van der Waals surface area contributed by atoms with Crippen LogP contribution in [0.25, 0.3) is 0 Å². The number of carbonyl (C=O) groups excluding carboxylic acids is 1. The Bertz CT molecular complexity index is 918. The molecule has 0 spiro atoms. The van der Waals surface area contributed by atoms with Crippen molar-refractivity contribution in [3.05, 3.63) is 46.7 Å². The Morgan fingerprint density at radius 1 is 1.22 bits per heavy atom. The number of sulfonamides is 1. The first-order chi connectivity index (χ1) is 12.8. The molecule has 1 fully saturated rings. The molecular formula is C18H23ClN4O3S. The molecule has 1 aromatic carbocycles. The van der Waals surface area contributed by atoms with E-state index in [1.165, 1.54) is 16.4 Å². The van der Waals surface area contributed by atoms with Gasteiger partial charge in [-0.2, -0.15) is 9.40 Å². The Hall–Kier alpha value is -1.90. The van der Waals surface area contributed by atoms with Crippen molar-refractivity contribution in [2.24, 2.45) is 5.92 Å². The lowest BCUT2D eigenvalue weighted by Crippen LogP contribution is -2.50. The van der Waals surface area contributed by atoms with Crippen molar-refractivity contribution in [2.45, 2.75) is 25.2 Å². The zero-order valence-electron chi connectivity index (χ0n) is 15.4. The molecule has 7 nitrogen and oxygen atoms in total. The van der Waals surface area contributed by atoms with E-state index in [4.69, 9.17) is 11.6 Å². The summed E-state index contributed by atoms with van der Waals surface area (Å²) in [6.07, 6.45) is 0.825. The number of halogens is 1. The molecule has 0 radical (unpaired) electrons. The molecule has 1 saturated heterocycles. The average molecular weight is 411 g/mol. The number of aromatic nitrogens is 2. The number of piperazine rings is 1. The molecule has 1 N–H and O–H groups in total. The van der Waals surface area contributed by atoms with E-state index >= 15 is 0 Å². The molecule has 0 unspecified atom stereocenters. The molecule has 0 aliphatic carbocycles. The summed E-state index contributed by atoms with van der Waals surface area (Å²) < 4.78 is 26.9. The van der Waals surface area contributed by atoms with E-state index in [9.17, 15) is 13.2 Å². The lowest BCUT2D eigenvalue weighted by Gasteiger charge is -2.33. The van der Waals surface area contributed by atoms with Gasteiger partial charge in [0.05, 0.1) is 4.90 Å². The summed E-state index contributed by atoms with van der Waals surface area (Å²) >= 11 is 5.91. The first-order valence-corrected chi connectivity index (χ1v) is 10.7. The summed E-state index contributed by atoms with van der Waals surface area (Å²) in [6, 6.07) is 7.99. The van der Waals surface area contributed by atoms with Crippen molar-refractivity contribution in [3.8, 4) is 0 Å². The number of rotatable bonds is 5. The third kappa shape index (κ3) is 4.51. The minimum atomic E-state index is -3.62. The number of carbonyl (C=O) groups is 1. The topological polar surface area (TPSA) is 86.4 Å². The molecule has 2 heterocycles. The highest BCUT2D eigenvalue weighted by Gasteiger charge is 2.31. The fourth-order valence-corrected chi connectivity index (χ4v) is 4.81. The van der Waals surface area contributed by atoms with Gasteiger partial charge in [0, 0.05) is 36.9 Å². The van der Waals surface area contributed by atoms with Gasteiger partial charge in [-0.1, -0.05) is 31.5 Å². The van der Waals surface area contributed by atoms with E-state index in [0.29, 0.717) is 29.7 Å². The smallest absolute Gasteiger partial charge is 0.274 e. The molecule has 0 bridgehead atoms. The van der Waals surface area contributed by atoms with Gasteiger partial charge >= 0.3 is 0 Å². The van der Waals surface area contributed by atoms with E-state index < -0.39 is 10.0 Å². The second kappa shape index (κ2) is 8.00. The van der Waals surface area contributed by atoms with E-state index in [2.05, 4.69) is 24.0 Å². The molecule has 0 saturated carbocycles. The number of H-pyrrole nitrogens is 1. The predicted molar refractivity (Wildman–Crippen MR) is 103 cm³/mol. The highest BCUT2D eigenvalue weighted by atomic mass is 35.5. The van der Waals surface area contributed by atoms with Crippen LogP contribution in [0.1, 0.15) is 30.0 Å². The molecular weight excluding hydrogens is 388 g/mol. The molecule has 0 atom stereocenters. The maximum atomic E-state index is 12.7. The molecule has 9 heteroatoms. The molecule has 1 amide bonds. The maximum absolute atomic E-state index is 12.7. The van der Waals surface area contributed by atoms with Crippen LogP contribution in [0.5, 0.6) is 0 Å². The second-order valence-electron chi connectivity index (χ2n) is 7.03. The van der Waals surface area contributed by atoms with Crippen LogP contribution in [0.15, 0.2) is 35.2 Å². The van der Waals surface area contributed by atoms with Crippen LogP contribution in [0.3, 0.4) is 0 Å². The van der Waals surface area contributed by atoms with E-state index in [0.717, 1.165) is 12.1 Å². The van der Waals surface area contributed by atoms with Gasteiger partial charge in [-0.25, -0.2) is 8.42 Å². The second-order valence-corrected chi connectivity index (χ2v) is 9.40. The average Bonchev–Trinajstić information content (AvgIpc) is 3.09. The molecule has 1 aromatic heterocycles. The Balaban J connectivity index is 1.64. The highest BCUT2D eigenvalue weighted by molar-refractivity contribution is 7.89. The monoisotopic (exact) mass is 410 g/mol. The molecule has 1 aliphatic heterocycles. The number of hydrogen-bond acceptors (Lipinski definition) is 4. The van der Waals surface area contributed by atoms with Gasteiger partial charge in [-0.05, 0) is 36.6 Å². The third-order valence-corrected chi connectivity index (χ3v) is 6.57. The molecule has 146 valence electrons. The number of benzene rings is 1. The van der Waals surface area contributed by atoms with Gasteiger partial charge in [-0.3, -0.25) is 9.89 Å². The fraction of sp³-hybridized carbons (Fsp3) is 0.444. The van der Waals surface area contributed by atoms with Gasteiger partial charge in [0.15, 0.2) is 0 Å². The standard InChI is InChI=1S/C18H23ClN4O3S/c1-13(2)10-15-12-17(21-20-15)18(24)22-6-8-23(9-7-22)27(25,26)16-5-3-4-14(19)11-16/h3-5,11-13H,6-10H2,1-2H3,(H,20,21). The van der Waals surface area contributed by atoms with Gasteiger partial charge in [0.1, 0.15) is 5.69 Å². The van der Waals surface area contributed by atoms with Gasteiger partial charge in [-0.15, -0.1) is 0 Å². The first kappa shape index (κ1) is 19.9. The van der Waals surface area contributed by atoms with Crippen LogP contribution in [0, 0.1) is 5.92 Å². The van der Waals surface area contributed by atoms with Crippen molar-refractivity contribution < 1.29 is 13.2 Å². The lowest BCUT2D eigenvalue weighted by atomic mass is 10.1. The number of nitrogens with zero attached hydrogens (tertiary/aromatic N) is 3. The maximum Gasteiger partial charge on any atom is 0.274 e. The van der Waals surface area contributed by atoms with Crippen molar-refractivity contribution in [2.75, 3.05) is 26.2 Å². The van der Waals surface area contributed by atoms with Crippen LogP contribution < -0.4 is 0 Å². The fourth-order valence-electron chi connectivity index (χ4n) is 3.09.